The minimum absolute atomic E-state index is 0.220. The standard InChI is InChI=1S/C11H10BrN3O2/c1-15-13-9(10(14-15)11(16)17-2)7-3-5-8(12)6-4-7/h3-6H,1-2H3. The normalized spacial score (nSPS) is 10.3. The number of hydrogen-bond donors (Lipinski definition) is 0. The van der Waals surface area contributed by atoms with Crippen molar-refractivity contribution in [3.63, 3.8) is 0 Å². The predicted octanol–water partition coefficient (Wildman–Crippen LogP) is 2.03. The van der Waals surface area contributed by atoms with E-state index in [4.69, 9.17) is 0 Å². The Bertz CT molecular complexity index is 548. The Morgan fingerprint density at radius 2 is 1.94 bits per heavy atom. The van der Waals surface area contributed by atoms with Crippen LogP contribution >= 0.6 is 15.9 Å². The number of benzene rings is 1. The topological polar surface area (TPSA) is 57.0 Å². The van der Waals surface area contributed by atoms with Crippen molar-refractivity contribution in [3.8, 4) is 11.3 Å². The van der Waals surface area contributed by atoms with Crippen LogP contribution in [0.25, 0.3) is 11.3 Å². The number of methoxy groups -OCH3 is 1. The van der Waals surface area contributed by atoms with E-state index in [1.54, 1.807) is 7.05 Å². The molecule has 0 saturated carbocycles. The molecular formula is C11H10BrN3O2. The minimum Gasteiger partial charge on any atom is -0.464 e. The SMILES string of the molecule is COC(=O)c1nn(C)nc1-c1ccc(Br)cc1. The highest BCUT2D eigenvalue weighted by molar-refractivity contribution is 9.10. The van der Waals surface area contributed by atoms with Gasteiger partial charge in [0.05, 0.1) is 7.11 Å². The zero-order valence-electron chi connectivity index (χ0n) is 9.35. The van der Waals surface area contributed by atoms with Crippen molar-refractivity contribution in [1.29, 1.82) is 0 Å². The second-order valence-corrected chi connectivity index (χ2v) is 4.30. The molecule has 2 rings (SSSR count). The molecule has 6 heteroatoms. The van der Waals surface area contributed by atoms with Crippen molar-refractivity contribution in [1.82, 2.24) is 15.0 Å². The number of carbonyl (C=O) groups is 1. The van der Waals surface area contributed by atoms with E-state index in [-0.39, 0.29) is 5.69 Å². The van der Waals surface area contributed by atoms with Crippen LogP contribution in [-0.4, -0.2) is 28.1 Å². The lowest BCUT2D eigenvalue weighted by Crippen LogP contribution is -2.04. The summed E-state index contributed by atoms with van der Waals surface area (Å²) in [4.78, 5) is 12.9. The first-order valence-electron chi connectivity index (χ1n) is 4.87. The van der Waals surface area contributed by atoms with E-state index in [9.17, 15) is 4.79 Å². The minimum atomic E-state index is -0.490. The van der Waals surface area contributed by atoms with E-state index in [0.29, 0.717) is 5.69 Å². The fourth-order valence-corrected chi connectivity index (χ4v) is 1.71. The van der Waals surface area contributed by atoms with E-state index in [0.717, 1.165) is 10.0 Å². The smallest absolute Gasteiger partial charge is 0.360 e. The summed E-state index contributed by atoms with van der Waals surface area (Å²) in [6.07, 6.45) is 0. The molecule has 17 heavy (non-hydrogen) atoms. The maximum atomic E-state index is 11.5. The molecule has 0 N–H and O–H groups in total. The molecular weight excluding hydrogens is 286 g/mol. The van der Waals surface area contributed by atoms with E-state index < -0.39 is 5.97 Å². The van der Waals surface area contributed by atoms with Crippen LogP contribution in [0, 0.1) is 0 Å². The molecule has 0 aliphatic rings. The lowest BCUT2D eigenvalue weighted by atomic mass is 10.1. The summed E-state index contributed by atoms with van der Waals surface area (Å²) in [5.74, 6) is -0.490. The van der Waals surface area contributed by atoms with Crippen LogP contribution in [0.5, 0.6) is 0 Å². The Morgan fingerprint density at radius 1 is 1.29 bits per heavy atom. The fraction of sp³-hybridized carbons (Fsp3) is 0.182. The highest BCUT2D eigenvalue weighted by atomic mass is 79.9. The van der Waals surface area contributed by atoms with E-state index in [1.165, 1.54) is 11.9 Å². The number of carbonyl (C=O) groups excluding carboxylic acids is 1. The Morgan fingerprint density at radius 3 is 2.53 bits per heavy atom. The van der Waals surface area contributed by atoms with Crippen LogP contribution in [0.15, 0.2) is 28.7 Å². The molecule has 1 aromatic heterocycles. The molecule has 2 aromatic rings. The first-order chi connectivity index (χ1) is 8.11. The van der Waals surface area contributed by atoms with Gasteiger partial charge in [0.15, 0.2) is 5.69 Å². The van der Waals surface area contributed by atoms with Crippen LogP contribution in [0.4, 0.5) is 0 Å². The van der Waals surface area contributed by atoms with E-state index in [2.05, 4.69) is 30.9 Å². The van der Waals surface area contributed by atoms with Gasteiger partial charge >= 0.3 is 5.97 Å². The fourth-order valence-electron chi connectivity index (χ4n) is 1.44. The number of ether oxygens (including phenoxy) is 1. The Labute approximate surface area is 107 Å². The predicted molar refractivity (Wildman–Crippen MR) is 65.5 cm³/mol. The molecule has 0 spiro atoms. The third kappa shape index (κ3) is 2.36. The van der Waals surface area contributed by atoms with Crippen molar-refractivity contribution in [3.05, 3.63) is 34.4 Å². The number of nitrogens with zero attached hydrogens (tertiary/aromatic N) is 3. The molecule has 0 bridgehead atoms. The highest BCUT2D eigenvalue weighted by Gasteiger charge is 2.19. The van der Waals surface area contributed by atoms with Gasteiger partial charge in [-0.25, -0.2) is 4.79 Å². The van der Waals surface area contributed by atoms with Gasteiger partial charge in [-0.1, -0.05) is 28.1 Å². The van der Waals surface area contributed by atoms with Gasteiger partial charge in [-0.15, -0.1) is 5.10 Å². The molecule has 0 unspecified atom stereocenters. The first-order valence-corrected chi connectivity index (χ1v) is 5.66. The molecule has 0 amide bonds. The maximum absolute atomic E-state index is 11.5. The summed E-state index contributed by atoms with van der Waals surface area (Å²) >= 11 is 3.35. The average molecular weight is 296 g/mol. The molecule has 88 valence electrons. The number of hydrogen-bond acceptors (Lipinski definition) is 4. The molecule has 0 saturated heterocycles. The van der Waals surface area contributed by atoms with Crippen molar-refractivity contribution in [2.45, 2.75) is 0 Å². The summed E-state index contributed by atoms with van der Waals surface area (Å²) in [6.45, 7) is 0. The first kappa shape index (κ1) is 11.8. The van der Waals surface area contributed by atoms with Crippen molar-refractivity contribution in [2.75, 3.05) is 7.11 Å². The number of esters is 1. The van der Waals surface area contributed by atoms with Crippen LogP contribution < -0.4 is 0 Å². The van der Waals surface area contributed by atoms with Crippen molar-refractivity contribution >= 4 is 21.9 Å². The quantitative estimate of drug-likeness (QED) is 0.796. The number of halogens is 1. The van der Waals surface area contributed by atoms with Crippen LogP contribution in [0.3, 0.4) is 0 Å². The molecule has 0 aliphatic heterocycles. The molecule has 0 fully saturated rings. The summed E-state index contributed by atoms with van der Waals surface area (Å²) < 4.78 is 5.63. The van der Waals surface area contributed by atoms with Crippen molar-refractivity contribution < 1.29 is 9.53 Å². The van der Waals surface area contributed by atoms with E-state index >= 15 is 0 Å². The number of rotatable bonds is 2. The van der Waals surface area contributed by atoms with Gasteiger partial charge in [-0.05, 0) is 12.1 Å². The molecule has 1 aromatic carbocycles. The van der Waals surface area contributed by atoms with Gasteiger partial charge < -0.3 is 4.74 Å². The third-order valence-electron chi connectivity index (χ3n) is 2.21. The molecule has 0 atom stereocenters. The Balaban J connectivity index is 2.51. The van der Waals surface area contributed by atoms with Crippen molar-refractivity contribution in [2.24, 2.45) is 7.05 Å². The molecule has 1 heterocycles. The average Bonchev–Trinajstić information content (AvgIpc) is 2.71. The van der Waals surface area contributed by atoms with Gasteiger partial charge in [0, 0.05) is 17.1 Å². The summed E-state index contributed by atoms with van der Waals surface area (Å²) in [6, 6.07) is 7.48. The van der Waals surface area contributed by atoms with Crippen LogP contribution in [-0.2, 0) is 11.8 Å². The molecule has 0 radical (unpaired) electrons. The van der Waals surface area contributed by atoms with Gasteiger partial charge in [-0.3, -0.25) is 0 Å². The lowest BCUT2D eigenvalue weighted by Gasteiger charge is -1.99. The van der Waals surface area contributed by atoms with Gasteiger partial charge in [-0.2, -0.15) is 9.90 Å². The van der Waals surface area contributed by atoms with E-state index in [1.807, 2.05) is 24.3 Å². The largest absolute Gasteiger partial charge is 0.464 e. The summed E-state index contributed by atoms with van der Waals surface area (Å²) in [7, 11) is 2.98. The third-order valence-corrected chi connectivity index (χ3v) is 2.74. The second-order valence-electron chi connectivity index (χ2n) is 3.39. The molecule has 0 aliphatic carbocycles. The van der Waals surface area contributed by atoms with Crippen LogP contribution in [0.1, 0.15) is 10.5 Å². The summed E-state index contributed by atoms with van der Waals surface area (Å²) in [5, 5.41) is 8.17. The second kappa shape index (κ2) is 4.67. The highest BCUT2D eigenvalue weighted by Crippen LogP contribution is 2.22. The van der Waals surface area contributed by atoms with Gasteiger partial charge in [0.25, 0.3) is 0 Å². The molecule has 5 nitrogen and oxygen atoms in total. The Kier molecular flexibility index (Phi) is 3.23. The number of aromatic nitrogens is 3. The monoisotopic (exact) mass is 295 g/mol. The zero-order valence-corrected chi connectivity index (χ0v) is 10.9. The lowest BCUT2D eigenvalue weighted by molar-refractivity contribution is 0.0594. The number of aryl methyl sites for hydroxylation is 1. The van der Waals surface area contributed by atoms with Gasteiger partial charge in [0.1, 0.15) is 5.69 Å². The summed E-state index contributed by atoms with van der Waals surface area (Å²) in [5.41, 5.74) is 1.56. The maximum Gasteiger partial charge on any atom is 0.360 e. The van der Waals surface area contributed by atoms with Gasteiger partial charge in [0.2, 0.25) is 0 Å². The zero-order chi connectivity index (χ0) is 12.4. The Hall–Kier alpha value is -1.69. The van der Waals surface area contributed by atoms with Crippen LogP contribution in [0.2, 0.25) is 0 Å².